The van der Waals surface area contributed by atoms with Gasteiger partial charge in [0.05, 0.1) is 19.3 Å². The second-order valence-electron chi connectivity index (χ2n) is 3.94. The van der Waals surface area contributed by atoms with E-state index in [-0.39, 0.29) is 6.23 Å². The Morgan fingerprint density at radius 2 is 2.25 bits per heavy atom. The van der Waals surface area contributed by atoms with E-state index in [2.05, 4.69) is 18.7 Å². The van der Waals surface area contributed by atoms with E-state index in [0.717, 1.165) is 26.3 Å². The highest BCUT2D eigenvalue weighted by Crippen LogP contribution is 2.23. The van der Waals surface area contributed by atoms with Crippen LogP contribution in [0.1, 0.15) is 13.8 Å². The first-order valence-electron chi connectivity index (χ1n) is 4.74. The summed E-state index contributed by atoms with van der Waals surface area (Å²) in [5, 5.41) is 0. The van der Waals surface area contributed by atoms with Crippen LogP contribution >= 0.6 is 0 Å². The summed E-state index contributed by atoms with van der Waals surface area (Å²) in [5.41, 5.74) is 0. The Labute approximate surface area is 73.6 Å². The highest BCUT2D eigenvalue weighted by atomic mass is 16.6. The van der Waals surface area contributed by atoms with Crippen LogP contribution < -0.4 is 0 Å². The van der Waals surface area contributed by atoms with Crippen molar-refractivity contribution in [1.29, 1.82) is 0 Å². The molecule has 2 fully saturated rings. The minimum atomic E-state index is 0.242. The number of fused-ring (bicyclic) bond motifs is 1. The second kappa shape index (κ2) is 3.32. The van der Waals surface area contributed by atoms with Gasteiger partial charge in [0, 0.05) is 13.1 Å². The number of rotatable bonds is 1. The van der Waals surface area contributed by atoms with Gasteiger partial charge in [-0.3, -0.25) is 4.90 Å². The number of nitrogens with zero attached hydrogens (tertiary/aromatic N) is 1. The van der Waals surface area contributed by atoms with Crippen LogP contribution in [0.3, 0.4) is 0 Å². The van der Waals surface area contributed by atoms with Crippen molar-refractivity contribution < 1.29 is 9.47 Å². The Balaban J connectivity index is 1.94. The van der Waals surface area contributed by atoms with Crippen LogP contribution in [0.15, 0.2) is 0 Å². The van der Waals surface area contributed by atoms with E-state index < -0.39 is 0 Å². The van der Waals surface area contributed by atoms with Gasteiger partial charge in [-0.15, -0.1) is 0 Å². The fourth-order valence-electron chi connectivity index (χ4n) is 1.79. The van der Waals surface area contributed by atoms with Crippen LogP contribution in [0.25, 0.3) is 0 Å². The minimum Gasteiger partial charge on any atom is -0.376 e. The maximum absolute atomic E-state index is 5.83. The van der Waals surface area contributed by atoms with Crippen LogP contribution in [0.2, 0.25) is 0 Å². The molecule has 3 nitrogen and oxygen atoms in total. The van der Waals surface area contributed by atoms with Crippen LogP contribution in [-0.2, 0) is 9.47 Å². The van der Waals surface area contributed by atoms with E-state index in [1.165, 1.54) is 0 Å². The highest BCUT2D eigenvalue weighted by Gasteiger charge is 2.35. The Morgan fingerprint density at radius 1 is 1.42 bits per heavy atom. The number of morpholine rings is 1. The zero-order chi connectivity index (χ0) is 8.55. The van der Waals surface area contributed by atoms with Crippen molar-refractivity contribution in [2.75, 3.05) is 26.3 Å². The summed E-state index contributed by atoms with van der Waals surface area (Å²) in [6.45, 7) is 8.17. The molecular weight excluding hydrogens is 154 g/mol. The van der Waals surface area contributed by atoms with E-state index in [0.29, 0.717) is 12.0 Å². The van der Waals surface area contributed by atoms with Crippen molar-refractivity contribution in [3.05, 3.63) is 0 Å². The first kappa shape index (κ1) is 8.48. The quantitative estimate of drug-likeness (QED) is 0.579. The average Bonchev–Trinajstić information content (AvgIpc) is 2.46. The summed E-state index contributed by atoms with van der Waals surface area (Å²) >= 11 is 0. The molecule has 2 atom stereocenters. The topological polar surface area (TPSA) is 21.7 Å². The highest BCUT2D eigenvalue weighted by molar-refractivity contribution is 4.81. The van der Waals surface area contributed by atoms with Crippen molar-refractivity contribution in [3.8, 4) is 0 Å². The Bertz CT molecular complexity index is 147. The molecule has 2 heterocycles. The van der Waals surface area contributed by atoms with Gasteiger partial charge in [-0.05, 0) is 5.92 Å². The van der Waals surface area contributed by atoms with Crippen molar-refractivity contribution in [1.82, 2.24) is 4.90 Å². The molecule has 2 aliphatic rings. The summed E-state index contributed by atoms with van der Waals surface area (Å²) in [6.07, 6.45) is 0.655. The lowest BCUT2D eigenvalue weighted by Gasteiger charge is -2.27. The lowest BCUT2D eigenvalue weighted by molar-refractivity contribution is -0.0976. The molecule has 2 rings (SSSR count). The molecule has 0 spiro atoms. The molecule has 0 aliphatic carbocycles. The lowest BCUT2D eigenvalue weighted by atomic mass is 10.1. The normalized spacial score (nSPS) is 37.2. The summed E-state index contributed by atoms with van der Waals surface area (Å²) in [6, 6.07) is 0. The average molecular weight is 171 g/mol. The van der Waals surface area contributed by atoms with Gasteiger partial charge in [-0.1, -0.05) is 13.8 Å². The SMILES string of the molecule is CC(C)C1CN2CCOCC2O1. The number of hydrogen-bond acceptors (Lipinski definition) is 3. The molecule has 0 aromatic rings. The first-order chi connectivity index (χ1) is 5.77. The van der Waals surface area contributed by atoms with Crippen molar-refractivity contribution in [2.24, 2.45) is 5.92 Å². The standard InChI is InChI=1S/C9H17NO2/c1-7(2)8-5-10-3-4-11-6-9(10)12-8/h7-9H,3-6H2,1-2H3. The molecule has 2 saturated heterocycles. The van der Waals surface area contributed by atoms with E-state index in [1.54, 1.807) is 0 Å². The van der Waals surface area contributed by atoms with Crippen LogP contribution in [0, 0.1) is 5.92 Å². The molecule has 0 radical (unpaired) electrons. The molecule has 0 aromatic heterocycles. The first-order valence-corrected chi connectivity index (χ1v) is 4.74. The van der Waals surface area contributed by atoms with E-state index in [9.17, 15) is 0 Å². The molecule has 12 heavy (non-hydrogen) atoms. The van der Waals surface area contributed by atoms with Crippen molar-refractivity contribution >= 4 is 0 Å². The molecule has 2 aliphatic heterocycles. The zero-order valence-corrected chi connectivity index (χ0v) is 7.82. The van der Waals surface area contributed by atoms with Gasteiger partial charge in [0.25, 0.3) is 0 Å². The molecule has 0 saturated carbocycles. The van der Waals surface area contributed by atoms with Gasteiger partial charge in [-0.25, -0.2) is 0 Å². The van der Waals surface area contributed by atoms with E-state index in [1.807, 2.05) is 0 Å². The van der Waals surface area contributed by atoms with Crippen molar-refractivity contribution in [3.63, 3.8) is 0 Å². The van der Waals surface area contributed by atoms with Crippen LogP contribution in [-0.4, -0.2) is 43.5 Å². The molecule has 0 aromatic carbocycles. The Kier molecular flexibility index (Phi) is 2.35. The van der Waals surface area contributed by atoms with Gasteiger partial charge < -0.3 is 9.47 Å². The van der Waals surface area contributed by atoms with Gasteiger partial charge in [0.15, 0.2) is 0 Å². The number of hydrogen-bond donors (Lipinski definition) is 0. The zero-order valence-electron chi connectivity index (χ0n) is 7.82. The predicted molar refractivity (Wildman–Crippen MR) is 45.9 cm³/mol. The fraction of sp³-hybridized carbons (Fsp3) is 1.00. The van der Waals surface area contributed by atoms with Crippen LogP contribution in [0.5, 0.6) is 0 Å². The summed E-state index contributed by atoms with van der Waals surface area (Å²) < 4.78 is 11.2. The molecule has 2 unspecified atom stereocenters. The maximum atomic E-state index is 5.83. The molecule has 0 N–H and O–H groups in total. The second-order valence-corrected chi connectivity index (χ2v) is 3.94. The maximum Gasteiger partial charge on any atom is 0.134 e. The summed E-state index contributed by atoms with van der Waals surface area (Å²) in [7, 11) is 0. The third-order valence-corrected chi connectivity index (χ3v) is 2.68. The van der Waals surface area contributed by atoms with E-state index in [4.69, 9.17) is 9.47 Å². The van der Waals surface area contributed by atoms with Gasteiger partial charge in [0.1, 0.15) is 6.23 Å². The molecule has 3 heteroatoms. The monoisotopic (exact) mass is 171 g/mol. The van der Waals surface area contributed by atoms with Crippen LogP contribution in [0.4, 0.5) is 0 Å². The predicted octanol–water partition coefficient (Wildman–Crippen LogP) is 0.700. The third-order valence-electron chi connectivity index (χ3n) is 2.68. The third kappa shape index (κ3) is 1.49. The summed E-state index contributed by atoms with van der Waals surface area (Å²) in [5.74, 6) is 0.621. The largest absolute Gasteiger partial charge is 0.376 e. The Morgan fingerprint density at radius 3 is 2.92 bits per heavy atom. The van der Waals surface area contributed by atoms with Gasteiger partial charge in [0.2, 0.25) is 0 Å². The van der Waals surface area contributed by atoms with Crippen molar-refractivity contribution in [2.45, 2.75) is 26.2 Å². The van der Waals surface area contributed by atoms with Gasteiger partial charge >= 0.3 is 0 Å². The Hall–Kier alpha value is -0.120. The molecular formula is C9H17NO2. The number of ether oxygens (including phenoxy) is 2. The minimum absolute atomic E-state index is 0.242. The van der Waals surface area contributed by atoms with Gasteiger partial charge in [-0.2, -0.15) is 0 Å². The van der Waals surface area contributed by atoms with E-state index >= 15 is 0 Å². The summed E-state index contributed by atoms with van der Waals surface area (Å²) in [4.78, 5) is 2.38. The molecule has 0 amide bonds. The molecule has 0 bridgehead atoms. The molecule has 70 valence electrons. The lowest BCUT2D eigenvalue weighted by Crippen LogP contribution is -2.41. The fourth-order valence-corrected chi connectivity index (χ4v) is 1.79. The smallest absolute Gasteiger partial charge is 0.134 e.